The second-order valence-electron chi connectivity index (χ2n) is 4.60. The van der Waals surface area contributed by atoms with Crippen LogP contribution in [0.3, 0.4) is 0 Å². The molecule has 0 radical (unpaired) electrons. The molecular weight excluding hydrogens is 383 g/mol. The molecule has 0 saturated carbocycles. The van der Waals surface area contributed by atoms with Crippen molar-refractivity contribution in [2.24, 2.45) is 0 Å². The zero-order chi connectivity index (χ0) is 14.1. The van der Waals surface area contributed by atoms with Crippen molar-refractivity contribution >= 4 is 56.5 Å². The van der Waals surface area contributed by atoms with Gasteiger partial charge in [0.1, 0.15) is 0 Å². The number of nitrogens with one attached hydrogen (secondary N) is 1. The van der Waals surface area contributed by atoms with E-state index in [1.165, 1.54) is 3.57 Å². The molecule has 0 aliphatic heterocycles. The number of hydrogen-bond acceptors (Lipinski definition) is 2. The maximum absolute atomic E-state index is 6.10. The standard InChI is InChI=1S/C16H12ClIN2/c1-10-8-16(20-13-5-3-12(18)4-6-13)14-9-11(17)2-7-15(14)19-10/h2-9H,1H3,(H,19,20). The highest BCUT2D eigenvalue weighted by atomic mass is 127. The number of benzene rings is 2. The lowest BCUT2D eigenvalue weighted by molar-refractivity contribution is 1.25. The second kappa shape index (κ2) is 5.58. The number of fused-ring (bicyclic) bond motifs is 1. The molecule has 1 N–H and O–H groups in total. The van der Waals surface area contributed by atoms with Crippen molar-refractivity contribution in [3.8, 4) is 0 Å². The van der Waals surface area contributed by atoms with E-state index >= 15 is 0 Å². The Morgan fingerprint density at radius 1 is 1.05 bits per heavy atom. The Labute approximate surface area is 136 Å². The number of anilines is 2. The molecule has 0 amide bonds. The minimum atomic E-state index is 0.716. The molecule has 3 aromatic rings. The first-order valence-electron chi connectivity index (χ1n) is 6.21. The van der Waals surface area contributed by atoms with E-state index in [1.807, 2.05) is 31.2 Å². The Morgan fingerprint density at radius 3 is 2.55 bits per heavy atom. The molecule has 4 heteroatoms. The molecule has 0 spiro atoms. The SMILES string of the molecule is Cc1cc(Nc2ccc(I)cc2)c2cc(Cl)ccc2n1. The number of aromatic nitrogens is 1. The number of pyridine rings is 1. The molecule has 0 bridgehead atoms. The number of aryl methyl sites for hydroxylation is 1. The Balaban J connectivity index is 2.10. The monoisotopic (exact) mass is 394 g/mol. The van der Waals surface area contributed by atoms with Crippen molar-refractivity contribution in [2.45, 2.75) is 6.92 Å². The van der Waals surface area contributed by atoms with Crippen LogP contribution in [0.2, 0.25) is 5.02 Å². The molecule has 0 saturated heterocycles. The van der Waals surface area contributed by atoms with Crippen LogP contribution in [-0.4, -0.2) is 4.98 Å². The third kappa shape index (κ3) is 2.88. The van der Waals surface area contributed by atoms with Crippen LogP contribution in [0.25, 0.3) is 10.9 Å². The van der Waals surface area contributed by atoms with Gasteiger partial charge in [-0.05, 0) is 78.0 Å². The summed E-state index contributed by atoms with van der Waals surface area (Å²) in [6, 6.07) is 16.1. The van der Waals surface area contributed by atoms with Gasteiger partial charge in [-0.25, -0.2) is 0 Å². The highest BCUT2D eigenvalue weighted by Crippen LogP contribution is 2.28. The van der Waals surface area contributed by atoms with Gasteiger partial charge in [-0.3, -0.25) is 4.98 Å². The van der Waals surface area contributed by atoms with Crippen LogP contribution in [-0.2, 0) is 0 Å². The number of rotatable bonds is 2. The summed E-state index contributed by atoms with van der Waals surface area (Å²) < 4.78 is 1.21. The van der Waals surface area contributed by atoms with Crippen LogP contribution in [0.15, 0.2) is 48.5 Å². The molecule has 20 heavy (non-hydrogen) atoms. The van der Waals surface area contributed by atoms with Gasteiger partial charge in [0, 0.05) is 31.0 Å². The van der Waals surface area contributed by atoms with E-state index in [2.05, 4.69) is 57.2 Å². The van der Waals surface area contributed by atoms with Crippen molar-refractivity contribution in [3.05, 3.63) is 62.8 Å². The minimum Gasteiger partial charge on any atom is -0.355 e. The Hall–Kier alpha value is -1.33. The van der Waals surface area contributed by atoms with E-state index in [0.717, 1.165) is 28.0 Å². The molecular formula is C16H12ClIN2. The Kier molecular flexibility index (Phi) is 3.81. The molecule has 2 aromatic carbocycles. The van der Waals surface area contributed by atoms with Crippen LogP contribution < -0.4 is 5.32 Å². The van der Waals surface area contributed by atoms with Crippen LogP contribution in [0.5, 0.6) is 0 Å². The maximum atomic E-state index is 6.10. The third-order valence-electron chi connectivity index (χ3n) is 3.02. The first-order chi connectivity index (χ1) is 9.61. The van der Waals surface area contributed by atoms with Gasteiger partial charge in [-0.2, -0.15) is 0 Å². The molecule has 1 aromatic heterocycles. The maximum Gasteiger partial charge on any atom is 0.0727 e. The average molecular weight is 395 g/mol. The lowest BCUT2D eigenvalue weighted by Crippen LogP contribution is -1.94. The highest BCUT2D eigenvalue weighted by Gasteiger charge is 2.05. The van der Waals surface area contributed by atoms with E-state index in [1.54, 1.807) is 0 Å². The predicted octanol–water partition coefficient (Wildman–Crippen LogP) is 5.54. The van der Waals surface area contributed by atoms with Crippen LogP contribution in [0, 0.1) is 10.5 Å². The van der Waals surface area contributed by atoms with E-state index < -0.39 is 0 Å². The number of hydrogen-bond donors (Lipinski definition) is 1. The molecule has 3 rings (SSSR count). The van der Waals surface area contributed by atoms with E-state index in [0.29, 0.717) is 5.02 Å². The minimum absolute atomic E-state index is 0.716. The Bertz CT molecular complexity index is 769. The fourth-order valence-corrected chi connectivity index (χ4v) is 2.65. The van der Waals surface area contributed by atoms with Crippen LogP contribution >= 0.6 is 34.2 Å². The fraction of sp³-hybridized carbons (Fsp3) is 0.0625. The van der Waals surface area contributed by atoms with Crippen LogP contribution in [0.4, 0.5) is 11.4 Å². The van der Waals surface area contributed by atoms with Gasteiger partial charge in [-0.1, -0.05) is 11.6 Å². The smallest absolute Gasteiger partial charge is 0.0727 e. The van der Waals surface area contributed by atoms with E-state index in [9.17, 15) is 0 Å². The van der Waals surface area contributed by atoms with Gasteiger partial charge < -0.3 is 5.32 Å². The number of halogens is 2. The number of nitrogens with zero attached hydrogens (tertiary/aromatic N) is 1. The average Bonchev–Trinajstić information content (AvgIpc) is 2.42. The lowest BCUT2D eigenvalue weighted by Gasteiger charge is -2.11. The zero-order valence-corrected chi connectivity index (χ0v) is 13.7. The highest BCUT2D eigenvalue weighted by molar-refractivity contribution is 14.1. The predicted molar refractivity (Wildman–Crippen MR) is 93.9 cm³/mol. The first-order valence-corrected chi connectivity index (χ1v) is 7.67. The van der Waals surface area contributed by atoms with Crippen molar-refractivity contribution in [3.63, 3.8) is 0 Å². The van der Waals surface area contributed by atoms with Gasteiger partial charge in [0.25, 0.3) is 0 Å². The molecule has 0 fully saturated rings. The van der Waals surface area contributed by atoms with Gasteiger partial charge in [0.2, 0.25) is 0 Å². The summed E-state index contributed by atoms with van der Waals surface area (Å²) >= 11 is 8.39. The van der Waals surface area contributed by atoms with E-state index in [4.69, 9.17) is 11.6 Å². The molecule has 0 atom stereocenters. The molecule has 1 heterocycles. The topological polar surface area (TPSA) is 24.9 Å². The van der Waals surface area contributed by atoms with Gasteiger partial charge in [-0.15, -0.1) is 0 Å². The summed E-state index contributed by atoms with van der Waals surface area (Å²) in [4.78, 5) is 4.53. The van der Waals surface area contributed by atoms with Gasteiger partial charge in [0.05, 0.1) is 5.52 Å². The van der Waals surface area contributed by atoms with Crippen molar-refractivity contribution in [1.29, 1.82) is 0 Å². The zero-order valence-electron chi connectivity index (χ0n) is 10.8. The largest absolute Gasteiger partial charge is 0.355 e. The molecule has 100 valence electrons. The molecule has 0 unspecified atom stereocenters. The van der Waals surface area contributed by atoms with Gasteiger partial charge in [0.15, 0.2) is 0 Å². The molecule has 2 nitrogen and oxygen atoms in total. The summed E-state index contributed by atoms with van der Waals surface area (Å²) in [5.74, 6) is 0. The fourth-order valence-electron chi connectivity index (χ4n) is 2.12. The molecule has 0 aliphatic rings. The summed E-state index contributed by atoms with van der Waals surface area (Å²) in [6.45, 7) is 1.99. The van der Waals surface area contributed by atoms with Crippen molar-refractivity contribution in [2.75, 3.05) is 5.32 Å². The summed E-state index contributed by atoms with van der Waals surface area (Å²) in [5.41, 5.74) is 4.00. The second-order valence-corrected chi connectivity index (χ2v) is 6.29. The van der Waals surface area contributed by atoms with Gasteiger partial charge >= 0.3 is 0 Å². The summed E-state index contributed by atoms with van der Waals surface area (Å²) in [6.07, 6.45) is 0. The van der Waals surface area contributed by atoms with Crippen molar-refractivity contribution in [1.82, 2.24) is 4.98 Å². The first kappa shape index (κ1) is 13.6. The summed E-state index contributed by atoms with van der Waals surface area (Å²) in [7, 11) is 0. The normalized spacial score (nSPS) is 10.8. The van der Waals surface area contributed by atoms with E-state index in [-0.39, 0.29) is 0 Å². The third-order valence-corrected chi connectivity index (χ3v) is 3.98. The van der Waals surface area contributed by atoms with Crippen LogP contribution in [0.1, 0.15) is 5.69 Å². The lowest BCUT2D eigenvalue weighted by atomic mass is 10.1. The molecule has 0 aliphatic carbocycles. The quantitative estimate of drug-likeness (QED) is 0.577. The Morgan fingerprint density at radius 2 is 1.80 bits per heavy atom. The van der Waals surface area contributed by atoms with Crippen molar-refractivity contribution < 1.29 is 0 Å². The summed E-state index contributed by atoms with van der Waals surface area (Å²) in [5, 5.41) is 5.19.